The van der Waals surface area contributed by atoms with Gasteiger partial charge in [0.2, 0.25) is 5.91 Å². The number of carbonyl (C=O) groups excluding carboxylic acids is 1. The molecular weight excluding hydrogens is 505 g/mol. The molecule has 0 aliphatic heterocycles. The molecule has 1 radical (unpaired) electrons. The Morgan fingerprint density at radius 1 is 1.12 bits per heavy atom. The molecule has 0 spiro atoms. The van der Waals surface area contributed by atoms with Gasteiger partial charge in [0.1, 0.15) is 0 Å². The third kappa shape index (κ3) is 9.34. The molecule has 0 saturated carbocycles. The van der Waals surface area contributed by atoms with Crippen molar-refractivity contribution in [2.75, 3.05) is 0 Å². The van der Waals surface area contributed by atoms with Crippen LogP contribution < -0.4 is 5.73 Å². The van der Waals surface area contributed by atoms with Crippen molar-refractivity contribution in [1.29, 1.82) is 0 Å². The predicted octanol–water partition coefficient (Wildman–Crippen LogP) is 7.06. The summed E-state index contributed by atoms with van der Waals surface area (Å²) in [6.07, 6.45) is 4.20. The molecule has 0 saturated heterocycles. The molecule has 1 amide bonds. The fourth-order valence-electron chi connectivity index (χ4n) is 3.70. The van der Waals surface area contributed by atoms with E-state index in [2.05, 4.69) is 62.5 Å². The summed E-state index contributed by atoms with van der Waals surface area (Å²) in [5, 5.41) is 11.4. The molecule has 1 aromatic heterocycles. The average molecular weight is 542 g/mol. The van der Waals surface area contributed by atoms with E-state index in [1.54, 1.807) is 0 Å². The molecule has 1 heterocycles. The van der Waals surface area contributed by atoms with Gasteiger partial charge in [-0.15, -0.1) is 12.6 Å². The summed E-state index contributed by atoms with van der Waals surface area (Å²) < 4.78 is 2.15. The summed E-state index contributed by atoms with van der Waals surface area (Å²) in [5.41, 5.74) is 10.7. The fraction of sp³-hybridized carbons (Fsp3) is 0.423. The molecular formula is C26H36N4OSY-2. The van der Waals surface area contributed by atoms with Crippen LogP contribution in [0.15, 0.2) is 48.7 Å². The quantitative estimate of drug-likeness (QED) is 0.280. The first kappa shape index (κ1) is 29.5. The monoisotopic (exact) mass is 541 g/mol. The Bertz CT molecular complexity index is 1020. The average Bonchev–Trinajstić information content (AvgIpc) is 3.04. The maximum atomic E-state index is 11.4. The molecule has 7 heteroatoms. The van der Waals surface area contributed by atoms with E-state index in [-0.39, 0.29) is 51.1 Å². The number of benzene rings is 2. The van der Waals surface area contributed by atoms with Crippen molar-refractivity contribution in [2.24, 2.45) is 12.8 Å². The molecule has 0 aliphatic carbocycles. The summed E-state index contributed by atoms with van der Waals surface area (Å²) >= 11 is 3.97. The first-order valence-electron chi connectivity index (χ1n) is 11.2. The second-order valence-electron chi connectivity index (χ2n) is 8.38. The number of hydrogen-bond donors (Lipinski definition) is 2. The molecule has 0 bridgehead atoms. The zero-order chi connectivity index (χ0) is 23.7. The van der Waals surface area contributed by atoms with Crippen LogP contribution in [0.2, 0.25) is 0 Å². The number of fused-ring (bicyclic) bond motifs is 1. The minimum Gasteiger partial charge on any atom is -0.682 e. The van der Waals surface area contributed by atoms with Crippen LogP contribution in [0.3, 0.4) is 0 Å². The Morgan fingerprint density at radius 3 is 2.36 bits per heavy atom. The first-order valence-corrected chi connectivity index (χ1v) is 11.7. The van der Waals surface area contributed by atoms with Crippen molar-refractivity contribution in [3.05, 3.63) is 70.4 Å². The van der Waals surface area contributed by atoms with E-state index in [9.17, 15) is 4.79 Å². The van der Waals surface area contributed by atoms with Gasteiger partial charge < -0.3 is 20.9 Å². The van der Waals surface area contributed by atoms with Crippen molar-refractivity contribution in [1.82, 2.24) is 4.57 Å². The van der Waals surface area contributed by atoms with Gasteiger partial charge in [0.15, 0.2) is 0 Å². The molecule has 2 aromatic carbocycles. The number of primary amides is 1. The largest absolute Gasteiger partial charge is 0.682 e. The van der Waals surface area contributed by atoms with Crippen LogP contribution in [0.5, 0.6) is 0 Å². The van der Waals surface area contributed by atoms with E-state index < -0.39 is 0 Å². The number of nitrogens with two attached hydrogens (primary N) is 1. The van der Waals surface area contributed by atoms with E-state index in [4.69, 9.17) is 16.4 Å². The maximum Gasteiger partial charge on any atom is 0.216 e. The molecule has 1 unspecified atom stereocenters. The predicted molar refractivity (Wildman–Crippen MR) is 140 cm³/mol. The molecule has 33 heavy (non-hydrogen) atoms. The number of carbonyl (C=O) groups is 1. The number of nitrogens with zero attached hydrogens (tertiary/aromatic N) is 3. The van der Waals surface area contributed by atoms with Crippen molar-refractivity contribution in [2.45, 2.75) is 64.8 Å². The Labute approximate surface area is 229 Å². The Balaban J connectivity index is 0.00000101. The summed E-state index contributed by atoms with van der Waals surface area (Å²) in [4.78, 5) is 11.4. The zero-order valence-corrected chi connectivity index (χ0v) is 24.2. The molecule has 1 atom stereocenters. The Kier molecular flexibility index (Phi) is 13.2. The standard InChI is InChI=1S/C23H28N4O.C3H8S.Y/c1-4-8-18(13-22(24)28)26-20-11-6-5-10-19(20)25-14-17-15-27(3)21-12-7-9-16(2)23(17)21;1-3(2)4;/h5-7,9-12,15,18H,4,8,13-14H2,1-3H3,(H2,24,28);3-4H,1-2H3;/q-2;;. The maximum absolute atomic E-state index is 11.4. The molecule has 2 N–H and O–H groups in total. The van der Waals surface area contributed by atoms with Crippen molar-refractivity contribution in [3.8, 4) is 0 Å². The molecule has 0 aliphatic rings. The number of thiol groups is 1. The van der Waals surface area contributed by atoms with Crippen LogP contribution in [0.1, 0.15) is 51.2 Å². The number of para-hydroxylation sites is 2. The van der Waals surface area contributed by atoms with Gasteiger partial charge in [-0.1, -0.05) is 70.0 Å². The third-order valence-corrected chi connectivity index (χ3v) is 4.98. The number of rotatable bonds is 9. The number of hydrogen-bond acceptors (Lipinski definition) is 2. The second kappa shape index (κ2) is 14.7. The second-order valence-corrected chi connectivity index (χ2v) is 9.41. The summed E-state index contributed by atoms with van der Waals surface area (Å²) in [7, 11) is 2.06. The van der Waals surface area contributed by atoms with Crippen molar-refractivity contribution >= 4 is 40.8 Å². The number of aryl methyl sites for hydroxylation is 2. The van der Waals surface area contributed by atoms with Gasteiger partial charge >= 0.3 is 0 Å². The molecule has 3 rings (SSSR count). The van der Waals surface area contributed by atoms with Crippen LogP contribution in [0.25, 0.3) is 21.5 Å². The SMILES string of the molecule is CC(C)S.CCCC(CC(N)=O)[N-]c1ccccc1[N-]Cc1cn(C)c2cccc(C)c12.[Y]. The van der Waals surface area contributed by atoms with Gasteiger partial charge in [0.05, 0.1) is 0 Å². The zero-order valence-electron chi connectivity index (χ0n) is 20.5. The van der Waals surface area contributed by atoms with Gasteiger partial charge in [-0.2, -0.15) is 24.0 Å². The van der Waals surface area contributed by atoms with Crippen LogP contribution in [0.4, 0.5) is 11.4 Å². The van der Waals surface area contributed by atoms with Crippen molar-refractivity contribution in [3.63, 3.8) is 0 Å². The minimum atomic E-state index is -0.317. The molecule has 0 fully saturated rings. The van der Waals surface area contributed by atoms with Crippen LogP contribution in [-0.2, 0) is 51.1 Å². The van der Waals surface area contributed by atoms with Gasteiger partial charge in [-0.3, -0.25) is 4.79 Å². The van der Waals surface area contributed by atoms with Crippen molar-refractivity contribution < 1.29 is 37.5 Å². The van der Waals surface area contributed by atoms with Crippen LogP contribution >= 0.6 is 12.6 Å². The van der Waals surface area contributed by atoms with Crippen LogP contribution in [0, 0.1) is 6.92 Å². The summed E-state index contributed by atoms with van der Waals surface area (Å²) in [6.45, 7) is 8.87. The molecule has 3 aromatic rings. The summed E-state index contributed by atoms with van der Waals surface area (Å²) in [6, 6.07) is 14.1. The summed E-state index contributed by atoms with van der Waals surface area (Å²) in [5.74, 6) is -0.317. The van der Waals surface area contributed by atoms with E-state index in [0.717, 1.165) is 24.2 Å². The Hall–Kier alpha value is -1.50. The topological polar surface area (TPSA) is 76.2 Å². The van der Waals surface area contributed by atoms with E-state index in [0.29, 0.717) is 11.8 Å². The Morgan fingerprint density at radius 2 is 1.76 bits per heavy atom. The van der Waals surface area contributed by atoms with Gasteiger partial charge in [-0.05, 0) is 29.4 Å². The van der Waals surface area contributed by atoms with Crippen LogP contribution in [-0.4, -0.2) is 21.8 Å². The van der Waals surface area contributed by atoms with E-state index >= 15 is 0 Å². The number of aromatic nitrogens is 1. The number of amides is 1. The van der Waals surface area contributed by atoms with Gasteiger partial charge in [0.25, 0.3) is 0 Å². The minimum absolute atomic E-state index is 0. The molecule has 177 valence electrons. The normalized spacial score (nSPS) is 11.4. The fourth-order valence-corrected chi connectivity index (χ4v) is 3.70. The van der Waals surface area contributed by atoms with E-state index in [1.807, 2.05) is 38.1 Å². The van der Waals surface area contributed by atoms with E-state index in [1.165, 1.54) is 22.0 Å². The third-order valence-electron chi connectivity index (χ3n) is 4.98. The van der Waals surface area contributed by atoms with Gasteiger partial charge in [-0.25, -0.2) is 0 Å². The first-order chi connectivity index (χ1) is 15.2. The van der Waals surface area contributed by atoms with Gasteiger partial charge in [0, 0.05) is 63.3 Å². The molecule has 5 nitrogen and oxygen atoms in total. The smallest absolute Gasteiger partial charge is 0.216 e.